The minimum Gasteiger partial charge on any atom is -0.496 e. The number of halogens is 1. The second kappa shape index (κ2) is 9.25. The highest BCUT2D eigenvalue weighted by Crippen LogP contribution is 2.24. The monoisotopic (exact) mass is 297 g/mol. The van der Waals surface area contributed by atoms with E-state index in [-0.39, 0.29) is 0 Å². The van der Waals surface area contributed by atoms with Gasteiger partial charge in [0.1, 0.15) is 5.75 Å². The summed E-state index contributed by atoms with van der Waals surface area (Å²) in [7, 11) is 1.71. The summed E-state index contributed by atoms with van der Waals surface area (Å²) in [5.41, 5.74) is 1.21. The van der Waals surface area contributed by atoms with E-state index in [0.717, 1.165) is 30.2 Å². The zero-order valence-electron chi connectivity index (χ0n) is 13.2. The number of benzene rings is 1. The van der Waals surface area contributed by atoms with Gasteiger partial charge in [0.2, 0.25) is 0 Å². The molecule has 0 aliphatic rings. The van der Waals surface area contributed by atoms with Gasteiger partial charge in [-0.1, -0.05) is 32.4 Å². The van der Waals surface area contributed by atoms with E-state index in [1.807, 2.05) is 18.2 Å². The molecule has 0 fully saturated rings. The fraction of sp³-hybridized carbons (Fsp3) is 0.647. The second-order valence-corrected chi connectivity index (χ2v) is 6.09. The zero-order chi connectivity index (χ0) is 15.0. The molecule has 0 spiro atoms. The van der Waals surface area contributed by atoms with Crippen LogP contribution >= 0.6 is 11.6 Å². The lowest BCUT2D eigenvalue weighted by Crippen LogP contribution is -2.34. The molecule has 0 saturated carbocycles. The first-order valence-corrected chi connectivity index (χ1v) is 8.02. The van der Waals surface area contributed by atoms with Crippen molar-refractivity contribution in [1.29, 1.82) is 0 Å². The van der Waals surface area contributed by atoms with E-state index in [4.69, 9.17) is 16.3 Å². The predicted octanol–water partition coefficient (Wildman–Crippen LogP) is 4.70. The molecule has 3 heteroatoms. The molecule has 0 aliphatic carbocycles. The van der Waals surface area contributed by atoms with Crippen molar-refractivity contribution in [2.45, 2.75) is 52.5 Å². The third kappa shape index (κ3) is 5.72. The maximum atomic E-state index is 6.07. The summed E-state index contributed by atoms with van der Waals surface area (Å²) in [4.78, 5) is 0. The molecule has 2 nitrogen and oxygen atoms in total. The Morgan fingerprint density at radius 3 is 2.65 bits per heavy atom. The largest absolute Gasteiger partial charge is 0.496 e. The molecule has 0 aliphatic heterocycles. The van der Waals surface area contributed by atoms with Gasteiger partial charge in [-0.25, -0.2) is 0 Å². The van der Waals surface area contributed by atoms with Crippen molar-refractivity contribution in [3.63, 3.8) is 0 Å². The summed E-state index contributed by atoms with van der Waals surface area (Å²) in [6, 6.07) is 6.45. The third-order valence-electron chi connectivity index (χ3n) is 3.66. The smallest absolute Gasteiger partial charge is 0.122 e. The van der Waals surface area contributed by atoms with Crippen molar-refractivity contribution in [3.05, 3.63) is 28.8 Å². The lowest BCUT2D eigenvalue weighted by Gasteiger charge is -2.22. The molecule has 114 valence electrons. The average Bonchev–Trinajstić information content (AvgIpc) is 2.42. The number of rotatable bonds is 9. The third-order valence-corrected chi connectivity index (χ3v) is 3.90. The van der Waals surface area contributed by atoms with Crippen molar-refractivity contribution < 1.29 is 4.74 Å². The summed E-state index contributed by atoms with van der Waals surface area (Å²) < 4.78 is 5.40. The van der Waals surface area contributed by atoms with Crippen LogP contribution in [0, 0.1) is 5.92 Å². The SMILES string of the molecule is CCCNC(CCCc1cc(Cl)ccc1OC)C(C)C. The Hall–Kier alpha value is -0.730. The number of nitrogens with one attached hydrogen (secondary N) is 1. The predicted molar refractivity (Wildman–Crippen MR) is 87.9 cm³/mol. The Morgan fingerprint density at radius 2 is 2.05 bits per heavy atom. The fourth-order valence-corrected chi connectivity index (χ4v) is 2.65. The van der Waals surface area contributed by atoms with Crippen LogP contribution in [-0.2, 0) is 6.42 Å². The average molecular weight is 298 g/mol. The Labute approximate surface area is 128 Å². The standard InChI is InChI=1S/C17H28ClNO/c1-5-11-19-16(13(2)3)8-6-7-14-12-15(18)9-10-17(14)20-4/h9-10,12-13,16,19H,5-8,11H2,1-4H3. The number of hydrogen-bond donors (Lipinski definition) is 1. The van der Waals surface area contributed by atoms with Crippen molar-refractivity contribution in [2.75, 3.05) is 13.7 Å². The Bertz CT molecular complexity index is 393. The molecule has 1 aromatic rings. The van der Waals surface area contributed by atoms with Crippen molar-refractivity contribution >= 4 is 11.6 Å². The van der Waals surface area contributed by atoms with Crippen LogP contribution in [0.1, 0.15) is 45.6 Å². The number of methoxy groups -OCH3 is 1. The Kier molecular flexibility index (Phi) is 8.01. The molecule has 1 N–H and O–H groups in total. The van der Waals surface area contributed by atoms with E-state index in [0.29, 0.717) is 12.0 Å². The van der Waals surface area contributed by atoms with Crippen LogP contribution in [0.25, 0.3) is 0 Å². The van der Waals surface area contributed by atoms with Gasteiger partial charge in [-0.05, 0) is 61.9 Å². The van der Waals surface area contributed by atoms with E-state index in [9.17, 15) is 0 Å². The van der Waals surface area contributed by atoms with E-state index in [1.54, 1.807) is 7.11 Å². The molecule has 20 heavy (non-hydrogen) atoms. The molecule has 0 aromatic heterocycles. The molecule has 0 bridgehead atoms. The van der Waals surface area contributed by atoms with Gasteiger partial charge >= 0.3 is 0 Å². The number of aryl methyl sites for hydroxylation is 1. The maximum absolute atomic E-state index is 6.07. The zero-order valence-corrected chi connectivity index (χ0v) is 14.0. The lowest BCUT2D eigenvalue weighted by molar-refractivity contribution is 0.368. The number of ether oxygens (including phenoxy) is 1. The van der Waals surface area contributed by atoms with Crippen LogP contribution in [0.3, 0.4) is 0 Å². The van der Waals surface area contributed by atoms with Gasteiger partial charge in [0.05, 0.1) is 7.11 Å². The van der Waals surface area contributed by atoms with Crippen LogP contribution in [0.4, 0.5) is 0 Å². The van der Waals surface area contributed by atoms with Gasteiger partial charge in [-0.2, -0.15) is 0 Å². The van der Waals surface area contributed by atoms with E-state index < -0.39 is 0 Å². The van der Waals surface area contributed by atoms with Gasteiger partial charge in [-0.15, -0.1) is 0 Å². The summed E-state index contributed by atoms with van der Waals surface area (Å²) in [6.07, 6.45) is 4.54. The molecular formula is C17H28ClNO. The summed E-state index contributed by atoms with van der Waals surface area (Å²) >= 11 is 6.07. The van der Waals surface area contributed by atoms with Crippen LogP contribution in [0.15, 0.2) is 18.2 Å². The highest BCUT2D eigenvalue weighted by atomic mass is 35.5. The normalized spacial score (nSPS) is 12.7. The van der Waals surface area contributed by atoms with Gasteiger partial charge in [0.15, 0.2) is 0 Å². The first-order chi connectivity index (χ1) is 9.58. The minimum absolute atomic E-state index is 0.597. The highest BCUT2D eigenvalue weighted by molar-refractivity contribution is 6.30. The molecular weight excluding hydrogens is 270 g/mol. The van der Waals surface area contributed by atoms with E-state index in [2.05, 4.69) is 26.1 Å². The van der Waals surface area contributed by atoms with Gasteiger partial charge in [0, 0.05) is 11.1 Å². The Morgan fingerprint density at radius 1 is 1.30 bits per heavy atom. The summed E-state index contributed by atoms with van der Waals surface area (Å²) in [6.45, 7) is 7.88. The highest BCUT2D eigenvalue weighted by Gasteiger charge is 2.12. The minimum atomic E-state index is 0.597. The lowest BCUT2D eigenvalue weighted by atomic mass is 9.96. The molecule has 1 aromatic carbocycles. The van der Waals surface area contributed by atoms with E-state index >= 15 is 0 Å². The molecule has 1 unspecified atom stereocenters. The van der Waals surface area contributed by atoms with Crippen LogP contribution in [-0.4, -0.2) is 19.7 Å². The second-order valence-electron chi connectivity index (χ2n) is 5.65. The fourth-order valence-electron chi connectivity index (χ4n) is 2.46. The van der Waals surface area contributed by atoms with Gasteiger partial charge in [-0.3, -0.25) is 0 Å². The van der Waals surface area contributed by atoms with Crippen molar-refractivity contribution in [2.24, 2.45) is 5.92 Å². The van der Waals surface area contributed by atoms with Gasteiger partial charge in [0.25, 0.3) is 0 Å². The van der Waals surface area contributed by atoms with Crippen molar-refractivity contribution in [3.8, 4) is 5.75 Å². The quantitative estimate of drug-likeness (QED) is 0.713. The van der Waals surface area contributed by atoms with Gasteiger partial charge < -0.3 is 10.1 Å². The van der Waals surface area contributed by atoms with Crippen LogP contribution in [0.5, 0.6) is 5.75 Å². The molecule has 0 heterocycles. The molecule has 1 atom stereocenters. The Balaban J connectivity index is 2.51. The maximum Gasteiger partial charge on any atom is 0.122 e. The van der Waals surface area contributed by atoms with E-state index in [1.165, 1.54) is 18.4 Å². The number of hydrogen-bond acceptors (Lipinski definition) is 2. The van der Waals surface area contributed by atoms with Crippen LogP contribution < -0.4 is 10.1 Å². The van der Waals surface area contributed by atoms with Crippen LogP contribution in [0.2, 0.25) is 5.02 Å². The first kappa shape index (κ1) is 17.3. The summed E-state index contributed by atoms with van der Waals surface area (Å²) in [5, 5.41) is 4.42. The molecule has 0 amide bonds. The molecule has 0 saturated heterocycles. The topological polar surface area (TPSA) is 21.3 Å². The van der Waals surface area contributed by atoms with Crippen molar-refractivity contribution in [1.82, 2.24) is 5.32 Å². The summed E-state index contributed by atoms with van der Waals surface area (Å²) in [5.74, 6) is 1.61. The molecule has 1 rings (SSSR count). The first-order valence-electron chi connectivity index (χ1n) is 7.64. The molecule has 0 radical (unpaired) electrons.